The van der Waals surface area contributed by atoms with E-state index in [-0.39, 0.29) is 18.4 Å². The molecular formula is C28H35N7O5. The van der Waals surface area contributed by atoms with Crippen molar-refractivity contribution in [3.63, 3.8) is 0 Å². The first kappa shape index (κ1) is 27.2. The lowest BCUT2D eigenvalue weighted by molar-refractivity contribution is -0.122. The van der Waals surface area contributed by atoms with Gasteiger partial charge in [0.1, 0.15) is 25.4 Å². The predicted molar refractivity (Wildman–Crippen MR) is 147 cm³/mol. The number of carbonyl (C=O) groups excluding carboxylic acids is 2. The number of hydrogen-bond acceptors (Lipinski definition) is 9. The second-order valence-electron chi connectivity index (χ2n) is 10.1. The molecule has 1 aromatic carbocycles. The average molecular weight is 550 g/mol. The van der Waals surface area contributed by atoms with Crippen LogP contribution in [0.2, 0.25) is 0 Å². The van der Waals surface area contributed by atoms with E-state index in [1.807, 2.05) is 45.0 Å². The molecule has 0 spiro atoms. The Balaban J connectivity index is 1.26. The molecule has 2 aromatic heterocycles. The summed E-state index contributed by atoms with van der Waals surface area (Å²) in [4.78, 5) is 43.1. The standard InChI is InChI=1S/C28H35N7O5/c1-19(2)40-28(37)35-12-11-33(24-15-20(3)31-27(32-24)34-10-9-29-18-34)17-22(35)16-25(36)30-8-7-21-5-4-6-23-26(21)39-14-13-38-23/h4-6,9-10,15,18-19,22H,7-8,11-14,16-17H2,1-3H3,(H,30,36). The SMILES string of the molecule is Cc1cc(N2CCN(C(=O)OC(C)C)C(CC(=O)NCCc3cccc4c3OCCO4)C2)nc(-n2ccnc2)n1. The number of anilines is 1. The minimum Gasteiger partial charge on any atom is -0.486 e. The van der Waals surface area contributed by atoms with Crippen LogP contribution in [0, 0.1) is 6.92 Å². The average Bonchev–Trinajstić information content (AvgIpc) is 3.48. The summed E-state index contributed by atoms with van der Waals surface area (Å²) < 4.78 is 18.7. The Morgan fingerprint density at radius 2 is 2.02 bits per heavy atom. The number of aryl methyl sites for hydroxylation is 1. The van der Waals surface area contributed by atoms with E-state index < -0.39 is 12.1 Å². The molecule has 212 valence electrons. The molecule has 1 atom stereocenters. The van der Waals surface area contributed by atoms with E-state index in [1.165, 1.54) is 0 Å². The molecule has 1 saturated heterocycles. The first-order valence-corrected chi connectivity index (χ1v) is 13.6. The lowest BCUT2D eigenvalue weighted by Gasteiger charge is -2.41. The number of amides is 2. The van der Waals surface area contributed by atoms with Gasteiger partial charge in [0.25, 0.3) is 0 Å². The molecule has 40 heavy (non-hydrogen) atoms. The number of hydrogen-bond donors (Lipinski definition) is 1. The summed E-state index contributed by atoms with van der Waals surface area (Å²) in [5.74, 6) is 2.57. The molecule has 12 heteroatoms. The summed E-state index contributed by atoms with van der Waals surface area (Å²) in [5.41, 5.74) is 1.79. The number of nitrogens with zero attached hydrogens (tertiary/aromatic N) is 6. The molecule has 1 unspecified atom stereocenters. The molecule has 0 aliphatic carbocycles. The third-order valence-corrected chi connectivity index (χ3v) is 6.73. The van der Waals surface area contributed by atoms with Crippen LogP contribution in [0.25, 0.3) is 5.95 Å². The van der Waals surface area contributed by atoms with Gasteiger partial charge in [-0.2, -0.15) is 4.98 Å². The summed E-state index contributed by atoms with van der Waals surface area (Å²) in [6.45, 7) is 8.39. The van der Waals surface area contributed by atoms with Crippen LogP contribution in [0.3, 0.4) is 0 Å². The van der Waals surface area contributed by atoms with E-state index >= 15 is 0 Å². The van der Waals surface area contributed by atoms with E-state index in [4.69, 9.17) is 19.2 Å². The molecule has 2 aliphatic rings. The number of benzene rings is 1. The number of nitrogens with one attached hydrogen (secondary N) is 1. The zero-order chi connectivity index (χ0) is 28.1. The maximum atomic E-state index is 13.1. The van der Waals surface area contributed by atoms with Crippen LogP contribution in [-0.4, -0.2) is 88.0 Å². The molecule has 3 aromatic rings. The van der Waals surface area contributed by atoms with Gasteiger partial charge in [-0.25, -0.2) is 14.8 Å². The summed E-state index contributed by atoms with van der Waals surface area (Å²) in [5, 5.41) is 3.01. The van der Waals surface area contributed by atoms with Crippen molar-refractivity contribution < 1.29 is 23.8 Å². The molecule has 4 heterocycles. The summed E-state index contributed by atoms with van der Waals surface area (Å²) in [7, 11) is 0. The fourth-order valence-corrected chi connectivity index (χ4v) is 4.89. The number of carbonyl (C=O) groups is 2. The Labute approximate surface area is 233 Å². The van der Waals surface area contributed by atoms with Crippen molar-refractivity contribution in [1.29, 1.82) is 0 Å². The van der Waals surface area contributed by atoms with Crippen LogP contribution in [0.5, 0.6) is 11.5 Å². The fourth-order valence-electron chi connectivity index (χ4n) is 4.89. The van der Waals surface area contributed by atoms with Gasteiger partial charge < -0.3 is 29.3 Å². The van der Waals surface area contributed by atoms with E-state index in [0.29, 0.717) is 51.8 Å². The van der Waals surface area contributed by atoms with Crippen molar-refractivity contribution in [2.24, 2.45) is 0 Å². The number of fused-ring (bicyclic) bond motifs is 1. The molecule has 2 aliphatic heterocycles. The summed E-state index contributed by atoms with van der Waals surface area (Å²) >= 11 is 0. The van der Waals surface area contributed by atoms with E-state index in [2.05, 4.69) is 20.2 Å². The van der Waals surface area contributed by atoms with Gasteiger partial charge in [0, 0.05) is 56.8 Å². The highest BCUT2D eigenvalue weighted by Crippen LogP contribution is 2.33. The van der Waals surface area contributed by atoms with Gasteiger partial charge in [-0.3, -0.25) is 9.36 Å². The highest BCUT2D eigenvalue weighted by molar-refractivity contribution is 5.78. The normalized spacial score (nSPS) is 16.6. The predicted octanol–water partition coefficient (Wildman–Crippen LogP) is 2.53. The van der Waals surface area contributed by atoms with Gasteiger partial charge >= 0.3 is 6.09 Å². The van der Waals surface area contributed by atoms with Crippen molar-refractivity contribution in [3.05, 3.63) is 54.2 Å². The van der Waals surface area contributed by atoms with Crippen LogP contribution in [0.1, 0.15) is 31.5 Å². The van der Waals surface area contributed by atoms with E-state index in [0.717, 1.165) is 28.6 Å². The van der Waals surface area contributed by atoms with Crippen LogP contribution < -0.4 is 19.7 Å². The summed E-state index contributed by atoms with van der Waals surface area (Å²) in [6.07, 6.45) is 5.17. The van der Waals surface area contributed by atoms with Gasteiger partial charge in [0.05, 0.1) is 12.1 Å². The van der Waals surface area contributed by atoms with Crippen LogP contribution in [-0.2, 0) is 16.0 Å². The lowest BCUT2D eigenvalue weighted by Crippen LogP contribution is -2.57. The van der Waals surface area contributed by atoms with Crippen molar-refractivity contribution in [2.75, 3.05) is 44.3 Å². The Morgan fingerprint density at radius 3 is 2.83 bits per heavy atom. The van der Waals surface area contributed by atoms with Crippen LogP contribution >= 0.6 is 0 Å². The third kappa shape index (κ3) is 6.44. The number of piperazine rings is 1. The number of para-hydroxylation sites is 1. The van der Waals surface area contributed by atoms with Crippen molar-refractivity contribution in [3.8, 4) is 17.4 Å². The van der Waals surface area contributed by atoms with Gasteiger partial charge in [-0.15, -0.1) is 0 Å². The summed E-state index contributed by atoms with van der Waals surface area (Å²) in [6, 6.07) is 7.30. The van der Waals surface area contributed by atoms with E-state index in [1.54, 1.807) is 28.2 Å². The topological polar surface area (TPSA) is 124 Å². The van der Waals surface area contributed by atoms with Crippen molar-refractivity contribution >= 4 is 17.8 Å². The smallest absolute Gasteiger partial charge is 0.410 e. The molecule has 2 amide bonds. The molecule has 5 rings (SSSR count). The monoisotopic (exact) mass is 549 g/mol. The second kappa shape index (κ2) is 12.2. The maximum Gasteiger partial charge on any atom is 0.410 e. The Morgan fingerprint density at radius 1 is 1.18 bits per heavy atom. The Hall–Kier alpha value is -4.35. The molecule has 0 bridgehead atoms. The van der Waals surface area contributed by atoms with Gasteiger partial charge in [-0.1, -0.05) is 12.1 Å². The molecule has 0 saturated carbocycles. The number of ether oxygens (including phenoxy) is 3. The van der Waals surface area contributed by atoms with Crippen molar-refractivity contribution in [1.82, 2.24) is 29.7 Å². The highest BCUT2D eigenvalue weighted by atomic mass is 16.6. The van der Waals surface area contributed by atoms with Gasteiger partial charge in [0.15, 0.2) is 11.5 Å². The molecular weight excluding hydrogens is 514 g/mol. The Bertz CT molecular complexity index is 1330. The third-order valence-electron chi connectivity index (χ3n) is 6.73. The first-order chi connectivity index (χ1) is 19.4. The Kier molecular flexibility index (Phi) is 8.32. The molecule has 1 N–H and O–H groups in total. The highest BCUT2D eigenvalue weighted by Gasteiger charge is 2.34. The minimum atomic E-state index is -0.418. The zero-order valence-electron chi connectivity index (χ0n) is 23.1. The van der Waals surface area contributed by atoms with Gasteiger partial charge in [0.2, 0.25) is 11.9 Å². The van der Waals surface area contributed by atoms with Crippen LogP contribution in [0.15, 0.2) is 43.0 Å². The number of rotatable bonds is 8. The molecule has 12 nitrogen and oxygen atoms in total. The second-order valence-corrected chi connectivity index (χ2v) is 10.1. The van der Waals surface area contributed by atoms with Crippen molar-refractivity contribution in [2.45, 2.75) is 45.8 Å². The molecule has 0 radical (unpaired) electrons. The quantitative estimate of drug-likeness (QED) is 0.451. The lowest BCUT2D eigenvalue weighted by atomic mass is 10.1. The first-order valence-electron chi connectivity index (χ1n) is 13.6. The zero-order valence-corrected chi connectivity index (χ0v) is 23.1. The van der Waals surface area contributed by atoms with Crippen LogP contribution in [0.4, 0.5) is 10.6 Å². The maximum absolute atomic E-state index is 13.1. The fraction of sp³-hybridized carbons (Fsp3) is 0.464. The van der Waals surface area contributed by atoms with Gasteiger partial charge in [-0.05, 0) is 38.8 Å². The minimum absolute atomic E-state index is 0.134. The largest absolute Gasteiger partial charge is 0.486 e. The molecule has 1 fully saturated rings. The number of aromatic nitrogens is 4. The van der Waals surface area contributed by atoms with E-state index in [9.17, 15) is 9.59 Å². The number of imidazole rings is 1.